The molecule has 0 fully saturated rings. The Morgan fingerprint density at radius 1 is 1.45 bits per heavy atom. The lowest BCUT2D eigenvalue weighted by molar-refractivity contribution is -0.156. The van der Waals surface area contributed by atoms with Gasteiger partial charge in [0.1, 0.15) is 3.57 Å². The van der Waals surface area contributed by atoms with Crippen LogP contribution < -0.4 is 5.73 Å². The van der Waals surface area contributed by atoms with E-state index in [1.807, 2.05) is 0 Å². The van der Waals surface area contributed by atoms with E-state index >= 15 is 0 Å². The molecule has 0 atom stereocenters. The van der Waals surface area contributed by atoms with Crippen molar-refractivity contribution in [3.63, 3.8) is 0 Å². The fourth-order valence-electron chi connectivity index (χ4n) is 0.467. The fourth-order valence-corrected chi connectivity index (χ4v) is 0.970. The Bertz CT molecular complexity index is 269. The number of nitrogen functional groups attached to an aromatic ring is 1. The van der Waals surface area contributed by atoms with Gasteiger partial charge >= 0.3 is 6.18 Å². The van der Waals surface area contributed by atoms with Crippen LogP contribution in [0, 0.1) is 3.57 Å². The number of rotatable bonds is 0. The van der Waals surface area contributed by atoms with Crippen molar-refractivity contribution in [1.82, 2.24) is 5.16 Å². The van der Waals surface area contributed by atoms with E-state index in [-0.39, 0.29) is 9.39 Å². The standard InChI is InChI=1S/C4H2F3IN2O/c5-4(6,7)2-1(8)3(9)10-11-2/h(H2,9,10). The van der Waals surface area contributed by atoms with Crippen molar-refractivity contribution in [2.45, 2.75) is 6.18 Å². The summed E-state index contributed by atoms with van der Waals surface area (Å²) in [6.07, 6.45) is -4.51. The van der Waals surface area contributed by atoms with E-state index in [0.717, 1.165) is 0 Å². The van der Waals surface area contributed by atoms with Crippen LogP contribution in [0.4, 0.5) is 19.0 Å². The quantitative estimate of drug-likeness (QED) is 0.737. The van der Waals surface area contributed by atoms with Gasteiger partial charge in [0.2, 0.25) is 0 Å². The second-order valence-corrected chi connectivity index (χ2v) is 2.79. The first-order chi connectivity index (χ1) is 4.93. The molecule has 0 unspecified atom stereocenters. The van der Waals surface area contributed by atoms with Crippen molar-refractivity contribution < 1.29 is 17.7 Å². The molecule has 0 aliphatic carbocycles. The van der Waals surface area contributed by atoms with E-state index in [4.69, 9.17) is 5.73 Å². The predicted molar refractivity (Wildman–Crippen MR) is 38.6 cm³/mol. The number of aromatic nitrogens is 1. The molecule has 0 saturated carbocycles. The first-order valence-corrected chi connectivity index (χ1v) is 3.48. The lowest BCUT2D eigenvalue weighted by Gasteiger charge is -1.99. The maximum Gasteiger partial charge on any atom is 0.453 e. The average molecular weight is 278 g/mol. The summed E-state index contributed by atoms with van der Waals surface area (Å²) in [5, 5.41) is 2.96. The molecule has 11 heavy (non-hydrogen) atoms. The van der Waals surface area contributed by atoms with Gasteiger partial charge in [-0.3, -0.25) is 0 Å². The molecule has 1 rings (SSSR count). The first kappa shape index (κ1) is 8.62. The third kappa shape index (κ3) is 1.57. The maximum atomic E-state index is 11.9. The summed E-state index contributed by atoms with van der Waals surface area (Å²) in [5.41, 5.74) is 5.02. The summed E-state index contributed by atoms with van der Waals surface area (Å²) < 4.78 is 39.4. The second kappa shape index (κ2) is 2.54. The molecular formula is C4H2F3IN2O. The summed E-state index contributed by atoms with van der Waals surface area (Å²) in [5.74, 6) is -1.38. The lowest BCUT2D eigenvalue weighted by Crippen LogP contribution is -2.05. The molecule has 7 heteroatoms. The van der Waals surface area contributed by atoms with Crippen LogP contribution in [0.3, 0.4) is 0 Å². The van der Waals surface area contributed by atoms with Crippen LogP contribution >= 0.6 is 22.6 Å². The summed E-state index contributed by atoms with van der Waals surface area (Å²) in [6.45, 7) is 0. The Balaban J connectivity index is 3.15. The Hall–Kier alpha value is -0.470. The van der Waals surface area contributed by atoms with Crippen molar-refractivity contribution in [2.75, 3.05) is 5.73 Å². The van der Waals surface area contributed by atoms with Crippen molar-refractivity contribution in [3.05, 3.63) is 9.33 Å². The highest BCUT2D eigenvalue weighted by atomic mass is 127. The molecule has 0 radical (unpaired) electrons. The first-order valence-electron chi connectivity index (χ1n) is 2.40. The molecule has 0 aliphatic rings. The van der Waals surface area contributed by atoms with Gasteiger partial charge in [0.25, 0.3) is 5.76 Å². The number of hydrogen-bond donors (Lipinski definition) is 1. The van der Waals surface area contributed by atoms with E-state index in [9.17, 15) is 13.2 Å². The molecular weight excluding hydrogens is 276 g/mol. The smallest absolute Gasteiger partial charge is 0.380 e. The minimum Gasteiger partial charge on any atom is -0.380 e. The molecule has 0 amide bonds. The third-order valence-corrected chi connectivity index (χ3v) is 1.96. The zero-order chi connectivity index (χ0) is 8.65. The Morgan fingerprint density at radius 3 is 2.18 bits per heavy atom. The largest absolute Gasteiger partial charge is 0.453 e. The molecule has 2 N–H and O–H groups in total. The zero-order valence-corrected chi connectivity index (χ0v) is 7.10. The minimum absolute atomic E-state index is 0.199. The van der Waals surface area contributed by atoms with E-state index < -0.39 is 11.9 Å². The van der Waals surface area contributed by atoms with Gasteiger partial charge in [0.15, 0.2) is 5.82 Å². The van der Waals surface area contributed by atoms with Crippen LogP contribution in [-0.4, -0.2) is 5.16 Å². The Labute approximate surface area is 72.9 Å². The van der Waals surface area contributed by atoms with Crippen molar-refractivity contribution in [2.24, 2.45) is 0 Å². The molecule has 0 spiro atoms. The highest BCUT2D eigenvalue weighted by Gasteiger charge is 2.39. The SMILES string of the molecule is Nc1noc(C(F)(F)F)c1I. The molecule has 0 bridgehead atoms. The summed E-state index contributed by atoms with van der Waals surface area (Å²) >= 11 is 1.42. The molecule has 0 saturated heterocycles. The molecule has 0 aliphatic heterocycles. The molecule has 3 nitrogen and oxygen atoms in total. The van der Waals surface area contributed by atoms with Crippen LogP contribution in [0.1, 0.15) is 5.76 Å². The van der Waals surface area contributed by atoms with Gasteiger partial charge in [-0.2, -0.15) is 13.2 Å². The lowest BCUT2D eigenvalue weighted by atomic mass is 10.4. The second-order valence-electron chi connectivity index (χ2n) is 1.71. The van der Waals surface area contributed by atoms with E-state index in [0.29, 0.717) is 0 Å². The van der Waals surface area contributed by atoms with Gasteiger partial charge in [-0.05, 0) is 22.6 Å². The number of nitrogens with zero attached hydrogens (tertiary/aromatic N) is 1. The van der Waals surface area contributed by atoms with Crippen LogP contribution in [0.5, 0.6) is 0 Å². The maximum absolute atomic E-state index is 11.9. The highest BCUT2D eigenvalue weighted by Crippen LogP contribution is 2.34. The average Bonchev–Trinajstić information content (AvgIpc) is 2.11. The minimum atomic E-state index is -4.51. The summed E-state index contributed by atoms with van der Waals surface area (Å²) in [7, 11) is 0. The topological polar surface area (TPSA) is 52.0 Å². The van der Waals surface area contributed by atoms with Crippen LogP contribution in [0.2, 0.25) is 0 Å². The Kier molecular flexibility index (Phi) is 1.99. The summed E-state index contributed by atoms with van der Waals surface area (Å²) in [6, 6.07) is 0. The number of anilines is 1. The van der Waals surface area contributed by atoms with Gasteiger partial charge in [-0.15, -0.1) is 0 Å². The summed E-state index contributed by atoms with van der Waals surface area (Å²) in [4.78, 5) is 0. The van der Waals surface area contributed by atoms with Crippen molar-refractivity contribution in [3.8, 4) is 0 Å². The monoisotopic (exact) mass is 278 g/mol. The number of nitrogens with two attached hydrogens (primary N) is 1. The molecule has 1 aromatic heterocycles. The molecule has 1 heterocycles. The van der Waals surface area contributed by atoms with Gasteiger partial charge in [-0.1, -0.05) is 5.16 Å². The molecule has 0 aromatic carbocycles. The zero-order valence-electron chi connectivity index (χ0n) is 4.94. The van der Waals surface area contributed by atoms with Crippen molar-refractivity contribution >= 4 is 28.4 Å². The molecule has 1 aromatic rings. The van der Waals surface area contributed by atoms with Crippen molar-refractivity contribution in [1.29, 1.82) is 0 Å². The number of hydrogen-bond acceptors (Lipinski definition) is 3. The Morgan fingerprint density at radius 2 is 2.00 bits per heavy atom. The number of alkyl halides is 3. The normalized spacial score (nSPS) is 12.0. The van der Waals surface area contributed by atoms with Gasteiger partial charge in [0, 0.05) is 0 Å². The predicted octanol–water partition coefficient (Wildman–Crippen LogP) is 1.88. The van der Waals surface area contributed by atoms with Crippen LogP contribution in [-0.2, 0) is 6.18 Å². The third-order valence-electron chi connectivity index (χ3n) is 0.917. The van der Waals surface area contributed by atoms with Gasteiger partial charge in [-0.25, -0.2) is 0 Å². The van der Waals surface area contributed by atoms with Crippen LogP contribution in [0.25, 0.3) is 0 Å². The van der Waals surface area contributed by atoms with E-state index in [1.54, 1.807) is 0 Å². The molecule has 62 valence electrons. The van der Waals surface area contributed by atoms with Gasteiger partial charge in [0.05, 0.1) is 0 Å². The highest BCUT2D eigenvalue weighted by molar-refractivity contribution is 14.1. The van der Waals surface area contributed by atoms with E-state index in [2.05, 4.69) is 9.68 Å². The van der Waals surface area contributed by atoms with Gasteiger partial charge < -0.3 is 10.3 Å². The van der Waals surface area contributed by atoms with E-state index in [1.165, 1.54) is 22.6 Å². The van der Waals surface area contributed by atoms with Crippen LogP contribution in [0.15, 0.2) is 4.52 Å². The fraction of sp³-hybridized carbons (Fsp3) is 0.250. The number of halogens is 4.